The maximum atomic E-state index is 11.4. The molecule has 2 rings (SSSR count). The molecule has 0 aromatic heterocycles. The van der Waals surface area contributed by atoms with Crippen molar-refractivity contribution in [3.63, 3.8) is 0 Å². The van der Waals surface area contributed by atoms with Crippen LogP contribution in [0.3, 0.4) is 0 Å². The first-order valence-electron chi connectivity index (χ1n) is 5.97. The van der Waals surface area contributed by atoms with E-state index in [1.54, 1.807) is 0 Å². The van der Waals surface area contributed by atoms with Crippen LogP contribution in [0.1, 0.15) is 25.7 Å². The number of amides is 2. The Balaban J connectivity index is 1.58. The topological polar surface area (TPSA) is 44.4 Å². The maximum absolute atomic E-state index is 11.4. The van der Waals surface area contributed by atoms with E-state index >= 15 is 0 Å². The lowest BCUT2D eigenvalue weighted by Crippen LogP contribution is -2.41. The van der Waals surface area contributed by atoms with Crippen LogP contribution in [0.2, 0.25) is 0 Å². The van der Waals surface area contributed by atoms with Crippen LogP contribution >= 0.6 is 0 Å². The monoisotopic (exact) mass is 211 g/mol. The summed E-state index contributed by atoms with van der Waals surface area (Å²) in [5, 5.41) is 5.91. The van der Waals surface area contributed by atoms with Crippen molar-refractivity contribution in [2.24, 2.45) is 5.92 Å². The maximum Gasteiger partial charge on any atom is 0.315 e. The third-order valence-electron chi connectivity index (χ3n) is 3.30. The number of rotatable bonds is 3. The fraction of sp³-hybridized carbons (Fsp3) is 0.909. The fourth-order valence-corrected chi connectivity index (χ4v) is 1.97. The number of urea groups is 1. The van der Waals surface area contributed by atoms with Gasteiger partial charge in [-0.2, -0.15) is 0 Å². The van der Waals surface area contributed by atoms with Crippen LogP contribution in [0.15, 0.2) is 0 Å². The molecule has 1 saturated carbocycles. The SMILES string of the molecule is CN1CCC(CNC(=O)NC2CC2)CC1. The average Bonchev–Trinajstić information content (AvgIpc) is 3.01. The van der Waals surface area contributed by atoms with Crippen LogP contribution in [-0.2, 0) is 0 Å². The predicted molar refractivity (Wildman–Crippen MR) is 59.8 cm³/mol. The second-order valence-electron chi connectivity index (χ2n) is 4.88. The molecule has 1 aliphatic heterocycles. The van der Waals surface area contributed by atoms with E-state index in [4.69, 9.17) is 0 Å². The summed E-state index contributed by atoms with van der Waals surface area (Å²) in [5.41, 5.74) is 0. The van der Waals surface area contributed by atoms with Gasteiger partial charge >= 0.3 is 6.03 Å². The molecule has 4 heteroatoms. The zero-order valence-electron chi connectivity index (χ0n) is 9.46. The third kappa shape index (κ3) is 3.70. The molecule has 0 bridgehead atoms. The molecule has 0 atom stereocenters. The highest BCUT2D eigenvalue weighted by atomic mass is 16.2. The van der Waals surface area contributed by atoms with Gasteiger partial charge in [0.05, 0.1) is 0 Å². The second-order valence-corrected chi connectivity index (χ2v) is 4.88. The van der Waals surface area contributed by atoms with E-state index in [-0.39, 0.29) is 6.03 Å². The number of nitrogens with one attached hydrogen (secondary N) is 2. The first kappa shape index (κ1) is 10.7. The molecule has 2 fully saturated rings. The van der Waals surface area contributed by atoms with E-state index in [9.17, 15) is 4.79 Å². The summed E-state index contributed by atoms with van der Waals surface area (Å²) < 4.78 is 0. The molecule has 1 saturated heterocycles. The van der Waals surface area contributed by atoms with Crippen molar-refractivity contribution in [3.8, 4) is 0 Å². The summed E-state index contributed by atoms with van der Waals surface area (Å²) in [4.78, 5) is 13.7. The van der Waals surface area contributed by atoms with Crippen LogP contribution in [0, 0.1) is 5.92 Å². The molecule has 15 heavy (non-hydrogen) atoms. The predicted octanol–water partition coefficient (Wildman–Crippen LogP) is 0.790. The highest BCUT2D eigenvalue weighted by Crippen LogP contribution is 2.18. The van der Waals surface area contributed by atoms with Crippen molar-refractivity contribution in [2.45, 2.75) is 31.7 Å². The van der Waals surface area contributed by atoms with E-state index in [0.717, 1.165) is 32.5 Å². The third-order valence-corrected chi connectivity index (χ3v) is 3.30. The zero-order valence-corrected chi connectivity index (χ0v) is 9.46. The standard InChI is InChI=1S/C11H21N3O/c1-14-6-4-9(5-7-14)8-12-11(15)13-10-2-3-10/h9-10H,2-8H2,1H3,(H2,12,13,15). The van der Waals surface area contributed by atoms with Crippen molar-refractivity contribution in [1.29, 1.82) is 0 Å². The van der Waals surface area contributed by atoms with Crippen molar-refractivity contribution in [2.75, 3.05) is 26.7 Å². The average molecular weight is 211 g/mol. The second kappa shape index (κ2) is 4.84. The Bertz CT molecular complexity index is 220. The molecule has 4 nitrogen and oxygen atoms in total. The van der Waals surface area contributed by atoms with Gasteiger partial charge in [-0.15, -0.1) is 0 Å². The van der Waals surface area contributed by atoms with Gasteiger partial charge < -0.3 is 15.5 Å². The molecule has 1 aliphatic carbocycles. The molecule has 1 heterocycles. The Labute approximate surface area is 91.4 Å². The molecule has 0 radical (unpaired) electrons. The van der Waals surface area contributed by atoms with E-state index in [1.165, 1.54) is 12.8 Å². The fourth-order valence-electron chi connectivity index (χ4n) is 1.97. The van der Waals surface area contributed by atoms with Gasteiger partial charge in [0.2, 0.25) is 0 Å². The Morgan fingerprint density at radius 2 is 1.93 bits per heavy atom. The summed E-state index contributed by atoms with van der Waals surface area (Å²) >= 11 is 0. The van der Waals surface area contributed by atoms with Gasteiger partial charge in [0.1, 0.15) is 0 Å². The Morgan fingerprint density at radius 1 is 1.27 bits per heavy atom. The molecule has 0 aromatic carbocycles. The molecule has 0 aromatic rings. The van der Waals surface area contributed by atoms with Crippen LogP contribution in [0.5, 0.6) is 0 Å². The van der Waals surface area contributed by atoms with E-state index in [1.807, 2.05) is 0 Å². The van der Waals surface area contributed by atoms with Gasteiger partial charge in [-0.25, -0.2) is 4.79 Å². The van der Waals surface area contributed by atoms with Gasteiger partial charge in [-0.05, 0) is 51.7 Å². The minimum Gasteiger partial charge on any atom is -0.338 e. The Morgan fingerprint density at radius 3 is 2.53 bits per heavy atom. The summed E-state index contributed by atoms with van der Waals surface area (Å²) in [6, 6.07) is 0.485. The molecular weight excluding hydrogens is 190 g/mol. The number of piperidine rings is 1. The molecule has 86 valence electrons. The minimum atomic E-state index is 0.0245. The van der Waals surface area contributed by atoms with Crippen LogP contribution < -0.4 is 10.6 Å². The highest BCUT2D eigenvalue weighted by molar-refractivity contribution is 5.74. The quantitative estimate of drug-likeness (QED) is 0.725. The summed E-state index contributed by atoms with van der Waals surface area (Å²) in [6.07, 6.45) is 4.73. The Kier molecular flexibility index (Phi) is 3.46. The number of nitrogens with zero attached hydrogens (tertiary/aromatic N) is 1. The van der Waals surface area contributed by atoms with Gasteiger partial charge in [0, 0.05) is 12.6 Å². The smallest absolute Gasteiger partial charge is 0.315 e. The van der Waals surface area contributed by atoms with Crippen LogP contribution in [-0.4, -0.2) is 43.7 Å². The number of hydrogen-bond acceptors (Lipinski definition) is 2. The van der Waals surface area contributed by atoms with Crippen molar-refractivity contribution in [1.82, 2.24) is 15.5 Å². The first-order valence-corrected chi connectivity index (χ1v) is 5.97. The van der Waals surface area contributed by atoms with Gasteiger partial charge in [0.25, 0.3) is 0 Å². The number of carbonyl (C=O) groups is 1. The van der Waals surface area contributed by atoms with E-state index in [0.29, 0.717) is 12.0 Å². The van der Waals surface area contributed by atoms with Crippen molar-refractivity contribution in [3.05, 3.63) is 0 Å². The molecule has 2 aliphatic rings. The van der Waals surface area contributed by atoms with Crippen LogP contribution in [0.4, 0.5) is 4.79 Å². The summed E-state index contributed by atoms with van der Waals surface area (Å²) in [7, 11) is 2.16. The van der Waals surface area contributed by atoms with Crippen molar-refractivity contribution >= 4 is 6.03 Å². The largest absolute Gasteiger partial charge is 0.338 e. The van der Waals surface area contributed by atoms with Gasteiger partial charge in [0.15, 0.2) is 0 Å². The summed E-state index contributed by atoms with van der Waals surface area (Å²) in [5.74, 6) is 0.672. The number of likely N-dealkylation sites (tertiary alicyclic amines) is 1. The lowest BCUT2D eigenvalue weighted by molar-refractivity contribution is 0.210. The number of carbonyl (C=O) groups excluding carboxylic acids is 1. The summed E-state index contributed by atoms with van der Waals surface area (Å²) in [6.45, 7) is 3.17. The molecule has 2 N–H and O–H groups in total. The molecule has 2 amide bonds. The highest BCUT2D eigenvalue weighted by Gasteiger charge is 2.23. The lowest BCUT2D eigenvalue weighted by atomic mass is 9.97. The van der Waals surface area contributed by atoms with Gasteiger partial charge in [-0.1, -0.05) is 0 Å². The number of hydrogen-bond donors (Lipinski definition) is 2. The first-order chi connectivity index (χ1) is 7.24. The normalized spacial score (nSPS) is 23.8. The lowest BCUT2D eigenvalue weighted by Gasteiger charge is -2.28. The minimum absolute atomic E-state index is 0.0245. The van der Waals surface area contributed by atoms with E-state index < -0.39 is 0 Å². The molecular formula is C11H21N3O. The van der Waals surface area contributed by atoms with Crippen LogP contribution in [0.25, 0.3) is 0 Å². The van der Waals surface area contributed by atoms with Gasteiger partial charge in [-0.3, -0.25) is 0 Å². The zero-order chi connectivity index (χ0) is 10.7. The van der Waals surface area contributed by atoms with Crippen molar-refractivity contribution < 1.29 is 4.79 Å². The molecule has 0 unspecified atom stereocenters. The molecule has 0 spiro atoms. The van der Waals surface area contributed by atoms with E-state index in [2.05, 4.69) is 22.6 Å². The Hall–Kier alpha value is -0.770.